The summed E-state index contributed by atoms with van der Waals surface area (Å²) in [5.74, 6) is -0.171. The molecule has 0 aromatic carbocycles. The Morgan fingerprint density at radius 2 is 2.20 bits per heavy atom. The molecule has 1 aliphatic carbocycles. The molecule has 10 heavy (non-hydrogen) atoms. The molecule has 1 saturated carbocycles. The first-order valence-electron chi connectivity index (χ1n) is 3.77. The highest BCUT2D eigenvalue weighted by Gasteiger charge is 2.54. The van der Waals surface area contributed by atoms with E-state index in [-0.39, 0.29) is 11.9 Å². The van der Waals surface area contributed by atoms with Gasteiger partial charge in [0.2, 0.25) is 5.91 Å². The smallest absolute Gasteiger partial charge is 0.235 e. The van der Waals surface area contributed by atoms with Gasteiger partial charge in [-0.15, -0.1) is 0 Å². The summed E-state index contributed by atoms with van der Waals surface area (Å²) in [6.45, 7) is 0.966. The van der Waals surface area contributed by atoms with Crippen molar-refractivity contribution in [3.05, 3.63) is 0 Å². The zero-order valence-corrected chi connectivity index (χ0v) is 5.89. The van der Waals surface area contributed by atoms with Crippen LogP contribution in [-0.4, -0.2) is 18.5 Å². The normalized spacial score (nSPS) is 34.6. The minimum absolute atomic E-state index is 0.0208. The van der Waals surface area contributed by atoms with E-state index < -0.39 is 0 Å². The third-order valence-corrected chi connectivity index (χ3v) is 2.76. The molecule has 3 nitrogen and oxygen atoms in total. The molecule has 0 radical (unpaired) electrons. The van der Waals surface area contributed by atoms with Gasteiger partial charge in [0.05, 0.1) is 6.04 Å². The van der Waals surface area contributed by atoms with E-state index in [1.165, 1.54) is 12.8 Å². The first-order valence-corrected chi connectivity index (χ1v) is 3.77. The summed E-state index contributed by atoms with van der Waals surface area (Å²) in [5.41, 5.74) is 5.51. The highest BCUT2D eigenvalue weighted by molar-refractivity contribution is 5.81. The molecule has 0 bridgehead atoms. The van der Waals surface area contributed by atoms with Crippen molar-refractivity contribution in [1.29, 1.82) is 0 Å². The Balaban J connectivity index is 2.14. The summed E-state index contributed by atoms with van der Waals surface area (Å²) in [6, 6.07) is -0.0208. The third-order valence-electron chi connectivity index (χ3n) is 2.76. The number of hydrogen-bond acceptors (Lipinski definition) is 2. The van der Waals surface area contributed by atoms with Gasteiger partial charge in [0, 0.05) is 0 Å². The molecule has 0 unspecified atom stereocenters. The van der Waals surface area contributed by atoms with Gasteiger partial charge in [0.15, 0.2) is 0 Å². The van der Waals surface area contributed by atoms with Crippen LogP contribution in [-0.2, 0) is 4.79 Å². The first-order chi connectivity index (χ1) is 4.75. The average molecular weight is 140 g/mol. The highest BCUT2D eigenvalue weighted by atomic mass is 16.1. The Morgan fingerprint density at radius 1 is 1.50 bits per heavy atom. The van der Waals surface area contributed by atoms with E-state index in [2.05, 4.69) is 5.32 Å². The zero-order valence-electron chi connectivity index (χ0n) is 5.89. The second kappa shape index (κ2) is 1.72. The number of hydrogen-bond donors (Lipinski definition) is 2. The lowest BCUT2D eigenvalue weighted by molar-refractivity contribution is -0.120. The van der Waals surface area contributed by atoms with E-state index in [4.69, 9.17) is 5.73 Å². The molecule has 2 rings (SSSR count). The number of carbonyl (C=O) groups is 1. The SMILES string of the molecule is NC(=O)[C@@H]1NCCC12CC2. The summed E-state index contributed by atoms with van der Waals surface area (Å²) in [4.78, 5) is 10.8. The van der Waals surface area contributed by atoms with Gasteiger partial charge in [-0.1, -0.05) is 0 Å². The molecule has 1 spiro atoms. The van der Waals surface area contributed by atoms with Crippen molar-refractivity contribution in [2.45, 2.75) is 25.3 Å². The fourth-order valence-electron chi connectivity index (χ4n) is 1.93. The molecule has 3 heteroatoms. The summed E-state index contributed by atoms with van der Waals surface area (Å²) in [7, 11) is 0. The number of carbonyl (C=O) groups excluding carboxylic acids is 1. The topological polar surface area (TPSA) is 55.1 Å². The van der Waals surface area contributed by atoms with Gasteiger partial charge in [0.25, 0.3) is 0 Å². The molecular formula is C7H12N2O. The monoisotopic (exact) mass is 140 g/mol. The fourth-order valence-corrected chi connectivity index (χ4v) is 1.93. The molecule has 56 valence electrons. The van der Waals surface area contributed by atoms with Crippen LogP contribution in [0.4, 0.5) is 0 Å². The van der Waals surface area contributed by atoms with Crippen LogP contribution in [0.25, 0.3) is 0 Å². The lowest BCUT2D eigenvalue weighted by Crippen LogP contribution is -2.41. The maximum absolute atomic E-state index is 10.8. The molecule has 0 aromatic heterocycles. The molecule has 2 aliphatic rings. The molecule has 1 saturated heterocycles. The van der Waals surface area contributed by atoms with Gasteiger partial charge in [-0.2, -0.15) is 0 Å². The minimum atomic E-state index is -0.171. The summed E-state index contributed by atoms with van der Waals surface area (Å²) >= 11 is 0. The average Bonchev–Trinajstić information content (AvgIpc) is 2.42. The molecular weight excluding hydrogens is 128 g/mol. The van der Waals surface area contributed by atoms with Gasteiger partial charge in [-0.25, -0.2) is 0 Å². The number of primary amides is 1. The van der Waals surface area contributed by atoms with Crippen LogP contribution in [0.2, 0.25) is 0 Å². The first kappa shape index (κ1) is 6.16. The fraction of sp³-hybridized carbons (Fsp3) is 0.857. The molecule has 0 aromatic rings. The van der Waals surface area contributed by atoms with Gasteiger partial charge < -0.3 is 11.1 Å². The second-order valence-corrected chi connectivity index (χ2v) is 3.40. The van der Waals surface area contributed by atoms with E-state index in [0.29, 0.717) is 5.41 Å². The van der Waals surface area contributed by atoms with Crippen LogP contribution in [0, 0.1) is 5.41 Å². The minimum Gasteiger partial charge on any atom is -0.368 e. The molecule has 2 fully saturated rings. The van der Waals surface area contributed by atoms with Crippen LogP contribution in [0.15, 0.2) is 0 Å². The van der Waals surface area contributed by atoms with E-state index in [1.807, 2.05) is 0 Å². The predicted octanol–water partition coefficient (Wildman–Crippen LogP) is -0.386. The lowest BCUT2D eigenvalue weighted by Gasteiger charge is -2.12. The number of amides is 1. The van der Waals surface area contributed by atoms with Crippen molar-refractivity contribution >= 4 is 5.91 Å². The van der Waals surface area contributed by atoms with Gasteiger partial charge in [-0.05, 0) is 31.2 Å². The van der Waals surface area contributed by atoms with Gasteiger partial charge in [0.1, 0.15) is 0 Å². The summed E-state index contributed by atoms with van der Waals surface area (Å²) < 4.78 is 0. The molecule has 1 aliphatic heterocycles. The highest BCUT2D eigenvalue weighted by Crippen LogP contribution is 2.53. The summed E-state index contributed by atoms with van der Waals surface area (Å²) in [6.07, 6.45) is 3.52. The summed E-state index contributed by atoms with van der Waals surface area (Å²) in [5, 5.41) is 3.13. The van der Waals surface area contributed by atoms with E-state index in [0.717, 1.165) is 13.0 Å². The quantitative estimate of drug-likeness (QED) is 0.521. The molecule has 1 atom stereocenters. The van der Waals surface area contributed by atoms with Crippen LogP contribution >= 0.6 is 0 Å². The van der Waals surface area contributed by atoms with Crippen molar-refractivity contribution in [3.8, 4) is 0 Å². The van der Waals surface area contributed by atoms with E-state index >= 15 is 0 Å². The third kappa shape index (κ3) is 0.669. The zero-order chi connectivity index (χ0) is 7.19. The Kier molecular flexibility index (Phi) is 1.06. The van der Waals surface area contributed by atoms with Crippen molar-refractivity contribution in [2.24, 2.45) is 11.1 Å². The van der Waals surface area contributed by atoms with E-state index in [1.54, 1.807) is 0 Å². The van der Waals surface area contributed by atoms with Crippen LogP contribution in [0.5, 0.6) is 0 Å². The van der Waals surface area contributed by atoms with Gasteiger partial charge in [-0.3, -0.25) is 4.79 Å². The predicted molar refractivity (Wildman–Crippen MR) is 37.3 cm³/mol. The molecule has 1 heterocycles. The second-order valence-electron chi connectivity index (χ2n) is 3.40. The molecule has 3 N–H and O–H groups in total. The lowest BCUT2D eigenvalue weighted by atomic mass is 9.97. The number of nitrogens with one attached hydrogen (secondary N) is 1. The standard InChI is InChI=1S/C7H12N2O/c8-6(10)5-7(1-2-7)3-4-9-5/h5,9H,1-4H2,(H2,8,10)/t5-/m0/s1. The van der Waals surface area contributed by atoms with Gasteiger partial charge >= 0.3 is 0 Å². The van der Waals surface area contributed by atoms with Crippen molar-refractivity contribution < 1.29 is 4.79 Å². The maximum Gasteiger partial charge on any atom is 0.235 e. The Bertz CT molecular complexity index is 174. The van der Waals surface area contributed by atoms with Crippen LogP contribution in [0.3, 0.4) is 0 Å². The Morgan fingerprint density at radius 3 is 2.60 bits per heavy atom. The van der Waals surface area contributed by atoms with Crippen LogP contribution < -0.4 is 11.1 Å². The number of rotatable bonds is 1. The number of nitrogens with two attached hydrogens (primary N) is 1. The molecule has 1 amide bonds. The Labute approximate surface area is 60.0 Å². The van der Waals surface area contributed by atoms with Crippen molar-refractivity contribution in [2.75, 3.05) is 6.54 Å². The van der Waals surface area contributed by atoms with Crippen molar-refractivity contribution in [1.82, 2.24) is 5.32 Å². The van der Waals surface area contributed by atoms with Crippen LogP contribution in [0.1, 0.15) is 19.3 Å². The largest absolute Gasteiger partial charge is 0.368 e. The van der Waals surface area contributed by atoms with Crippen molar-refractivity contribution in [3.63, 3.8) is 0 Å². The van der Waals surface area contributed by atoms with E-state index in [9.17, 15) is 4.79 Å². The Hall–Kier alpha value is -0.570. The maximum atomic E-state index is 10.8.